The van der Waals surface area contributed by atoms with E-state index in [0.717, 1.165) is 5.56 Å². The molecule has 0 radical (unpaired) electrons. The molecule has 0 bridgehead atoms. The Balaban J connectivity index is 1.56. The second-order valence-electron chi connectivity index (χ2n) is 8.24. The number of phenolic OH excluding ortho intramolecular Hbond substituents is 1. The largest absolute Gasteiger partial charge is 0.508 e. The van der Waals surface area contributed by atoms with Crippen molar-refractivity contribution in [2.45, 2.75) is 26.0 Å². The van der Waals surface area contributed by atoms with Crippen molar-refractivity contribution in [2.75, 3.05) is 17.2 Å². The van der Waals surface area contributed by atoms with Crippen LogP contribution in [0.4, 0.5) is 17.1 Å². The Labute approximate surface area is 188 Å². The highest BCUT2D eigenvalue weighted by Crippen LogP contribution is 2.27. The summed E-state index contributed by atoms with van der Waals surface area (Å²) in [4.78, 5) is 36.8. The maximum absolute atomic E-state index is 12.6. The lowest BCUT2D eigenvalue weighted by Gasteiger charge is -2.22. The van der Waals surface area contributed by atoms with Crippen LogP contribution in [0.2, 0.25) is 0 Å². The van der Waals surface area contributed by atoms with Gasteiger partial charge in [-0.1, -0.05) is 12.1 Å². The lowest BCUT2D eigenvalue weighted by molar-refractivity contribution is 0.00248. The zero-order valence-corrected chi connectivity index (χ0v) is 18.1. The van der Waals surface area contributed by atoms with Gasteiger partial charge in [0.15, 0.2) is 5.69 Å². The molecule has 0 unspecified atom stereocenters. The Bertz CT molecular complexity index is 1410. The van der Waals surface area contributed by atoms with E-state index < -0.39 is 22.4 Å². The first kappa shape index (κ1) is 22.0. The van der Waals surface area contributed by atoms with Crippen molar-refractivity contribution in [1.29, 1.82) is 0 Å². The lowest BCUT2D eigenvalue weighted by Crippen LogP contribution is -2.36. The SMILES string of the molecule is CC(C)(CN)OC(=O)c1n[nH]c2ccc(Nc3c(NCc4cccc(O)c4)c(=O)c3=O)cc12. The van der Waals surface area contributed by atoms with Gasteiger partial charge in [-0.3, -0.25) is 14.7 Å². The minimum Gasteiger partial charge on any atom is -0.508 e. The number of ether oxygens (including phenoxy) is 1. The average Bonchev–Trinajstić information content (AvgIpc) is 3.21. The maximum Gasteiger partial charge on any atom is 0.360 e. The minimum absolute atomic E-state index is 0.0856. The molecule has 0 amide bonds. The number of aromatic nitrogens is 2. The third-order valence-corrected chi connectivity index (χ3v) is 5.18. The molecule has 10 nitrogen and oxygen atoms in total. The second kappa shape index (κ2) is 8.40. The predicted octanol–water partition coefficient (Wildman–Crippen LogP) is 2.11. The summed E-state index contributed by atoms with van der Waals surface area (Å²) in [6.07, 6.45) is 0. The smallest absolute Gasteiger partial charge is 0.360 e. The number of H-pyrrole nitrogens is 1. The van der Waals surface area contributed by atoms with Crippen LogP contribution in [0.25, 0.3) is 10.9 Å². The first-order valence-corrected chi connectivity index (χ1v) is 10.2. The standard InChI is InChI=1S/C23H23N5O5/c1-23(2,11-24)33-22(32)17-15-9-13(6-7-16(15)27-28-17)26-19-18(20(30)21(19)31)25-10-12-4-3-5-14(29)8-12/h3-9,25-26,29H,10-11,24H2,1-2H3,(H,27,28). The number of nitrogens with two attached hydrogens (primary N) is 1. The number of aromatic amines is 1. The highest BCUT2D eigenvalue weighted by molar-refractivity contribution is 6.03. The Morgan fingerprint density at radius 1 is 1.15 bits per heavy atom. The molecule has 4 rings (SSSR count). The summed E-state index contributed by atoms with van der Waals surface area (Å²) < 4.78 is 5.42. The third-order valence-electron chi connectivity index (χ3n) is 5.18. The molecule has 0 fully saturated rings. The van der Waals surface area contributed by atoms with E-state index in [-0.39, 0.29) is 35.9 Å². The number of carbonyl (C=O) groups is 1. The van der Waals surface area contributed by atoms with Gasteiger partial charge in [-0.15, -0.1) is 0 Å². The van der Waals surface area contributed by atoms with Crippen molar-refractivity contribution in [1.82, 2.24) is 10.2 Å². The molecule has 1 heterocycles. The van der Waals surface area contributed by atoms with Gasteiger partial charge in [0.1, 0.15) is 22.7 Å². The molecular weight excluding hydrogens is 426 g/mol. The van der Waals surface area contributed by atoms with E-state index in [2.05, 4.69) is 20.8 Å². The summed E-state index contributed by atoms with van der Waals surface area (Å²) in [5.41, 5.74) is 5.70. The molecule has 0 spiro atoms. The molecule has 3 aromatic carbocycles. The quantitative estimate of drug-likeness (QED) is 0.200. The molecule has 170 valence electrons. The van der Waals surface area contributed by atoms with Gasteiger partial charge in [-0.05, 0) is 49.7 Å². The molecule has 33 heavy (non-hydrogen) atoms. The van der Waals surface area contributed by atoms with E-state index in [1.807, 2.05) is 0 Å². The Kier molecular flexibility index (Phi) is 5.60. The van der Waals surface area contributed by atoms with Crippen molar-refractivity contribution >= 4 is 33.9 Å². The number of esters is 1. The Morgan fingerprint density at radius 2 is 1.91 bits per heavy atom. The molecule has 10 heteroatoms. The van der Waals surface area contributed by atoms with E-state index in [9.17, 15) is 19.5 Å². The van der Waals surface area contributed by atoms with Crippen molar-refractivity contribution in [3.63, 3.8) is 0 Å². The van der Waals surface area contributed by atoms with Gasteiger partial charge in [0.2, 0.25) is 0 Å². The lowest BCUT2D eigenvalue weighted by atomic mass is 10.1. The van der Waals surface area contributed by atoms with Crippen LogP contribution in [0.15, 0.2) is 52.1 Å². The number of rotatable bonds is 8. The minimum atomic E-state index is -0.849. The number of hydrogen-bond acceptors (Lipinski definition) is 9. The first-order valence-electron chi connectivity index (χ1n) is 10.2. The number of phenols is 1. The van der Waals surface area contributed by atoms with Crippen LogP contribution < -0.4 is 27.2 Å². The van der Waals surface area contributed by atoms with Gasteiger partial charge in [-0.2, -0.15) is 5.10 Å². The second-order valence-corrected chi connectivity index (χ2v) is 8.24. The topological polar surface area (TPSA) is 159 Å². The molecule has 0 aliphatic rings. The van der Waals surface area contributed by atoms with Crippen molar-refractivity contribution in [2.24, 2.45) is 5.73 Å². The maximum atomic E-state index is 12.6. The van der Waals surface area contributed by atoms with E-state index in [1.165, 1.54) is 0 Å². The molecule has 0 aliphatic carbocycles. The number of anilines is 3. The van der Waals surface area contributed by atoms with Crippen LogP contribution in [-0.2, 0) is 11.3 Å². The Morgan fingerprint density at radius 3 is 2.64 bits per heavy atom. The summed E-state index contributed by atoms with van der Waals surface area (Å²) in [5.74, 6) is -0.522. The molecule has 6 N–H and O–H groups in total. The number of benzene rings is 2. The predicted molar refractivity (Wildman–Crippen MR) is 125 cm³/mol. The number of nitrogens with zero attached hydrogens (tertiary/aromatic N) is 1. The summed E-state index contributed by atoms with van der Waals surface area (Å²) in [5, 5.41) is 22.8. The fourth-order valence-electron chi connectivity index (χ4n) is 3.27. The van der Waals surface area contributed by atoms with Crippen LogP contribution in [0, 0.1) is 0 Å². The van der Waals surface area contributed by atoms with Crippen LogP contribution in [-0.4, -0.2) is 33.4 Å². The zero-order chi connectivity index (χ0) is 23.8. The van der Waals surface area contributed by atoms with Gasteiger partial charge in [0, 0.05) is 24.2 Å². The molecule has 0 saturated carbocycles. The van der Waals surface area contributed by atoms with Gasteiger partial charge in [0.25, 0.3) is 10.9 Å². The molecule has 0 saturated heterocycles. The summed E-state index contributed by atoms with van der Waals surface area (Å²) in [7, 11) is 0. The van der Waals surface area contributed by atoms with Crippen LogP contribution in [0.5, 0.6) is 5.75 Å². The Hall–Kier alpha value is -4.18. The van der Waals surface area contributed by atoms with Crippen LogP contribution in [0.1, 0.15) is 29.9 Å². The fraction of sp³-hybridized carbons (Fsp3) is 0.217. The van der Waals surface area contributed by atoms with E-state index in [1.54, 1.807) is 56.3 Å². The van der Waals surface area contributed by atoms with Gasteiger partial charge >= 0.3 is 5.97 Å². The number of carbonyl (C=O) groups excluding carboxylic acids is 1. The van der Waals surface area contributed by atoms with E-state index >= 15 is 0 Å². The van der Waals surface area contributed by atoms with Crippen molar-refractivity contribution < 1.29 is 14.6 Å². The van der Waals surface area contributed by atoms with Crippen molar-refractivity contribution in [3.8, 4) is 5.75 Å². The first-order chi connectivity index (χ1) is 15.7. The number of hydrogen-bond donors (Lipinski definition) is 5. The summed E-state index contributed by atoms with van der Waals surface area (Å²) in [6.45, 7) is 3.80. The van der Waals surface area contributed by atoms with Crippen LogP contribution >= 0.6 is 0 Å². The van der Waals surface area contributed by atoms with Gasteiger partial charge < -0.3 is 26.2 Å². The summed E-state index contributed by atoms with van der Waals surface area (Å²) in [6, 6.07) is 11.6. The summed E-state index contributed by atoms with van der Waals surface area (Å²) >= 11 is 0. The molecule has 4 aromatic rings. The van der Waals surface area contributed by atoms with Gasteiger partial charge in [0.05, 0.1) is 5.52 Å². The average molecular weight is 449 g/mol. The third kappa shape index (κ3) is 4.41. The van der Waals surface area contributed by atoms with Gasteiger partial charge in [-0.25, -0.2) is 4.79 Å². The zero-order valence-electron chi connectivity index (χ0n) is 18.1. The highest BCUT2D eigenvalue weighted by atomic mass is 16.6. The number of fused-ring (bicyclic) bond motifs is 1. The van der Waals surface area contributed by atoms with E-state index in [4.69, 9.17) is 10.5 Å². The molecular formula is C23H23N5O5. The molecule has 0 aliphatic heterocycles. The highest BCUT2D eigenvalue weighted by Gasteiger charge is 2.26. The number of nitrogens with one attached hydrogen (secondary N) is 3. The molecule has 0 atom stereocenters. The number of aromatic hydroxyl groups is 1. The fourth-order valence-corrected chi connectivity index (χ4v) is 3.27. The van der Waals surface area contributed by atoms with Crippen LogP contribution in [0.3, 0.4) is 0 Å². The monoisotopic (exact) mass is 449 g/mol. The molecule has 1 aromatic heterocycles. The van der Waals surface area contributed by atoms with E-state index in [0.29, 0.717) is 16.6 Å². The van der Waals surface area contributed by atoms with Crippen molar-refractivity contribution in [3.05, 3.63) is 74.2 Å². The normalized spacial score (nSPS) is 11.6.